The van der Waals surface area contributed by atoms with E-state index in [-0.39, 0.29) is 12.6 Å². The van der Waals surface area contributed by atoms with Gasteiger partial charge in [-0.1, -0.05) is 23.7 Å². The van der Waals surface area contributed by atoms with Gasteiger partial charge in [0, 0.05) is 35.1 Å². The number of rotatable bonds is 7. The molecule has 0 aliphatic rings. The first-order valence-electron chi connectivity index (χ1n) is 7.23. The molecule has 0 spiro atoms. The van der Waals surface area contributed by atoms with Crippen molar-refractivity contribution < 1.29 is 10.2 Å². The predicted molar refractivity (Wildman–Crippen MR) is 91.2 cm³/mol. The van der Waals surface area contributed by atoms with E-state index in [1.165, 1.54) is 0 Å². The molecule has 2 rings (SSSR count). The number of benzene rings is 1. The third-order valence-electron chi connectivity index (χ3n) is 3.39. The first-order valence-corrected chi connectivity index (χ1v) is 8.48. The third-order valence-corrected chi connectivity index (χ3v) is 4.59. The van der Waals surface area contributed by atoms with Crippen LogP contribution in [-0.4, -0.2) is 45.4 Å². The van der Waals surface area contributed by atoms with E-state index in [0.717, 1.165) is 16.3 Å². The molecule has 1 aromatic heterocycles. The number of nitrogens with zero attached hydrogens (tertiary/aromatic N) is 2. The van der Waals surface area contributed by atoms with Crippen LogP contribution in [0.15, 0.2) is 29.6 Å². The van der Waals surface area contributed by atoms with Crippen LogP contribution >= 0.6 is 22.9 Å². The van der Waals surface area contributed by atoms with Crippen molar-refractivity contribution in [2.75, 3.05) is 13.2 Å². The number of halogens is 1. The van der Waals surface area contributed by atoms with E-state index in [4.69, 9.17) is 11.6 Å². The number of aliphatic hydroxyl groups is 2. The number of thiazole rings is 1. The van der Waals surface area contributed by atoms with Gasteiger partial charge in [0.2, 0.25) is 0 Å². The number of hydrogen-bond acceptors (Lipinski definition) is 5. The molecule has 2 atom stereocenters. The SMILES string of the molecule is C[C@@H](O)CN(Cc1csc(-c2ccc(Cl)cc2)n1)[C@@H](C)CO. The van der Waals surface area contributed by atoms with Gasteiger partial charge < -0.3 is 10.2 Å². The first kappa shape index (κ1) is 17.4. The van der Waals surface area contributed by atoms with E-state index < -0.39 is 6.10 Å². The summed E-state index contributed by atoms with van der Waals surface area (Å²) in [7, 11) is 0. The van der Waals surface area contributed by atoms with E-state index >= 15 is 0 Å². The third kappa shape index (κ3) is 4.76. The van der Waals surface area contributed by atoms with Crippen LogP contribution in [0.4, 0.5) is 0 Å². The van der Waals surface area contributed by atoms with Gasteiger partial charge in [0.25, 0.3) is 0 Å². The Bertz CT molecular complexity index is 586. The maximum atomic E-state index is 9.60. The van der Waals surface area contributed by atoms with E-state index in [9.17, 15) is 10.2 Å². The van der Waals surface area contributed by atoms with Crippen LogP contribution in [0.25, 0.3) is 10.6 Å². The molecule has 6 heteroatoms. The topological polar surface area (TPSA) is 56.6 Å². The normalized spacial score (nSPS) is 14.3. The van der Waals surface area contributed by atoms with Gasteiger partial charge in [0.1, 0.15) is 5.01 Å². The fourth-order valence-corrected chi connectivity index (χ4v) is 3.11. The standard InChI is InChI=1S/C16H21ClN2O2S/c1-11(9-20)19(7-12(2)21)8-15-10-22-16(18-15)13-3-5-14(17)6-4-13/h3-6,10-12,20-21H,7-9H2,1-2H3/t11-,12+/m0/s1. The van der Waals surface area contributed by atoms with E-state index in [1.54, 1.807) is 18.3 Å². The zero-order valence-electron chi connectivity index (χ0n) is 12.7. The van der Waals surface area contributed by atoms with E-state index in [0.29, 0.717) is 18.1 Å². The summed E-state index contributed by atoms with van der Waals surface area (Å²) >= 11 is 7.48. The first-order chi connectivity index (χ1) is 10.5. The summed E-state index contributed by atoms with van der Waals surface area (Å²) in [6.45, 7) is 4.86. The highest BCUT2D eigenvalue weighted by Crippen LogP contribution is 2.25. The maximum absolute atomic E-state index is 9.60. The molecule has 0 amide bonds. The summed E-state index contributed by atoms with van der Waals surface area (Å²) in [5.41, 5.74) is 1.98. The monoisotopic (exact) mass is 340 g/mol. The van der Waals surface area contributed by atoms with Crippen molar-refractivity contribution in [3.8, 4) is 10.6 Å². The minimum Gasteiger partial charge on any atom is -0.395 e. The second kappa shape index (κ2) is 8.04. The van der Waals surface area contributed by atoms with Crippen molar-refractivity contribution in [2.24, 2.45) is 0 Å². The molecule has 1 aromatic carbocycles. The lowest BCUT2D eigenvalue weighted by Gasteiger charge is -2.28. The van der Waals surface area contributed by atoms with Crippen LogP contribution < -0.4 is 0 Å². The molecule has 0 saturated carbocycles. The zero-order chi connectivity index (χ0) is 16.1. The van der Waals surface area contributed by atoms with Gasteiger partial charge in [-0.05, 0) is 26.0 Å². The second-order valence-electron chi connectivity index (χ2n) is 5.46. The van der Waals surface area contributed by atoms with Crippen molar-refractivity contribution in [3.05, 3.63) is 40.4 Å². The van der Waals surface area contributed by atoms with Crippen molar-refractivity contribution in [1.82, 2.24) is 9.88 Å². The van der Waals surface area contributed by atoms with Crippen LogP contribution in [0.1, 0.15) is 19.5 Å². The fourth-order valence-electron chi connectivity index (χ4n) is 2.17. The summed E-state index contributed by atoms with van der Waals surface area (Å²) in [5.74, 6) is 0. The van der Waals surface area contributed by atoms with E-state index in [1.807, 2.05) is 41.5 Å². The Balaban J connectivity index is 2.10. The molecule has 4 nitrogen and oxygen atoms in total. The Morgan fingerprint density at radius 3 is 2.55 bits per heavy atom. The predicted octanol–water partition coefficient (Wildman–Crippen LogP) is 3.03. The second-order valence-corrected chi connectivity index (χ2v) is 6.76. The molecular formula is C16H21ClN2O2S. The van der Waals surface area contributed by atoms with Gasteiger partial charge in [0.05, 0.1) is 18.4 Å². The summed E-state index contributed by atoms with van der Waals surface area (Å²) in [6.07, 6.45) is -0.441. The Morgan fingerprint density at radius 1 is 1.27 bits per heavy atom. The van der Waals surface area contributed by atoms with Crippen molar-refractivity contribution >= 4 is 22.9 Å². The minimum absolute atomic E-state index is 0.0183. The van der Waals surface area contributed by atoms with Crippen molar-refractivity contribution in [3.63, 3.8) is 0 Å². The highest BCUT2D eigenvalue weighted by atomic mass is 35.5. The smallest absolute Gasteiger partial charge is 0.123 e. The zero-order valence-corrected chi connectivity index (χ0v) is 14.3. The van der Waals surface area contributed by atoms with Crippen LogP contribution in [0.5, 0.6) is 0 Å². The number of aromatic nitrogens is 1. The van der Waals surface area contributed by atoms with Crippen LogP contribution in [0.2, 0.25) is 5.02 Å². The molecule has 1 heterocycles. The van der Waals surface area contributed by atoms with Crippen molar-refractivity contribution in [1.29, 1.82) is 0 Å². The summed E-state index contributed by atoms with van der Waals surface area (Å²) in [6, 6.07) is 7.59. The van der Waals surface area contributed by atoms with Gasteiger partial charge >= 0.3 is 0 Å². The largest absolute Gasteiger partial charge is 0.395 e. The summed E-state index contributed by atoms with van der Waals surface area (Å²) < 4.78 is 0. The lowest BCUT2D eigenvalue weighted by atomic mass is 10.2. The Kier molecular flexibility index (Phi) is 6.35. The molecular weight excluding hydrogens is 320 g/mol. The number of hydrogen-bond donors (Lipinski definition) is 2. The van der Waals surface area contributed by atoms with Crippen molar-refractivity contribution in [2.45, 2.75) is 32.5 Å². The van der Waals surface area contributed by atoms with Crippen LogP contribution in [0.3, 0.4) is 0 Å². The van der Waals surface area contributed by atoms with Gasteiger partial charge in [-0.25, -0.2) is 4.98 Å². The van der Waals surface area contributed by atoms with Crippen LogP contribution in [0, 0.1) is 0 Å². The Morgan fingerprint density at radius 2 is 1.95 bits per heavy atom. The van der Waals surface area contributed by atoms with Crippen LogP contribution in [-0.2, 0) is 6.54 Å². The Hall–Kier alpha value is -0.980. The molecule has 0 aliphatic heterocycles. The highest BCUT2D eigenvalue weighted by molar-refractivity contribution is 7.13. The summed E-state index contributed by atoms with van der Waals surface area (Å²) in [4.78, 5) is 6.68. The molecule has 0 fully saturated rings. The molecule has 0 aliphatic carbocycles. The minimum atomic E-state index is -0.441. The number of aliphatic hydroxyl groups excluding tert-OH is 2. The fraction of sp³-hybridized carbons (Fsp3) is 0.438. The quantitative estimate of drug-likeness (QED) is 0.813. The molecule has 0 saturated heterocycles. The average Bonchev–Trinajstić information content (AvgIpc) is 2.94. The molecule has 2 aromatic rings. The van der Waals surface area contributed by atoms with Gasteiger partial charge in [-0.15, -0.1) is 11.3 Å². The van der Waals surface area contributed by atoms with E-state index in [2.05, 4.69) is 4.98 Å². The summed E-state index contributed by atoms with van der Waals surface area (Å²) in [5, 5.41) is 22.6. The highest BCUT2D eigenvalue weighted by Gasteiger charge is 2.17. The maximum Gasteiger partial charge on any atom is 0.123 e. The van der Waals surface area contributed by atoms with Gasteiger partial charge in [-0.2, -0.15) is 0 Å². The molecule has 0 bridgehead atoms. The van der Waals surface area contributed by atoms with Gasteiger partial charge in [-0.3, -0.25) is 4.90 Å². The Labute approximate surface area is 140 Å². The molecule has 2 N–H and O–H groups in total. The molecule has 0 radical (unpaired) electrons. The molecule has 120 valence electrons. The molecule has 22 heavy (non-hydrogen) atoms. The molecule has 0 unspecified atom stereocenters. The average molecular weight is 341 g/mol. The lowest BCUT2D eigenvalue weighted by Crippen LogP contribution is -2.39. The lowest BCUT2D eigenvalue weighted by molar-refractivity contribution is 0.0712. The van der Waals surface area contributed by atoms with Gasteiger partial charge in [0.15, 0.2) is 0 Å².